The van der Waals surface area contributed by atoms with Crippen molar-refractivity contribution in [2.24, 2.45) is 0 Å². The van der Waals surface area contributed by atoms with E-state index in [1.165, 1.54) is 0 Å². The minimum absolute atomic E-state index is 0.0446. The lowest BCUT2D eigenvalue weighted by molar-refractivity contribution is 0.0700. The van der Waals surface area contributed by atoms with Crippen molar-refractivity contribution < 1.29 is 14.6 Å². The molecule has 0 heterocycles. The second-order valence-electron chi connectivity index (χ2n) is 4.07. The van der Waals surface area contributed by atoms with Gasteiger partial charge in [0.05, 0.1) is 12.2 Å². The highest BCUT2D eigenvalue weighted by Crippen LogP contribution is 2.26. The van der Waals surface area contributed by atoms with E-state index in [9.17, 15) is 5.11 Å². The van der Waals surface area contributed by atoms with Crippen LogP contribution in [0, 0.1) is 6.92 Å². The molecular weight excluding hydrogens is 204 g/mol. The Labute approximate surface area is 97.0 Å². The molecule has 0 amide bonds. The minimum atomic E-state index is -0.521. The van der Waals surface area contributed by atoms with E-state index in [4.69, 9.17) is 9.47 Å². The molecule has 16 heavy (non-hydrogen) atoms. The van der Waals surface area contributed by atoms with Crippen LogP contribution in [0.2, 0.25) is 0 Å². The number of ether oxygens (including phenoxy) is 2. The van der Waals surface area contributed by atoms with Gasteiger partial charge in [0.15, 0.2) is 0 Å². The Morgan fingerprint density at radius 2 is 2.00 bits per heavy atom. The maximum absolute atomic E-state index is 9.64. The number of methoxy groups -OCH3 is 1. The Morgan fingerprint density at radius 1 is 1.31 bits per heavy atom. The summed E-state index contributed by atoms with van der Waals surface area (Å²) in [5, 5.41) is 9.64. The third-order valence-corrected chi connectivity index (χ3v) is 2.49. The van der Waals surface area contributed by atoms with Crippen LogP contribution in [0.25, 0.3) is 0 Å². The van der Waals surface area contributed by atoms with Gasteiger partial charge in [0.2, 0.25) is 0 Å². The van der Waals surface area contributed by atoms with Gasteiger partial charge in [-0.15, -0.1) is 0 Å². The molecule has 0 saturated carbocycles. The van der Waals surface area contributed by atoms with Crippen LogP contribution in [-0.2, 0) is 4.74 Å². The first-order chi connectivity index (χ1) is 7.54. The quantitative estimate of drug-likeness (QED) is 0.835. The molecule has 0 aromatic heterocycles. The summed E-state index contributed by atoms with van der Waals surface area (Å²) in [5.41, 5.74) is 1.94. The van der Waals surface area contributed by atoms with Crippen molar-refractivity contribution in [3.63, 3.8) is 0 Å². The van der Waals surface area contributed by atoms with E-state index < -0.39 is 6.10 Å². The van der Waals surface area contributed by atoms with E-state index in [1.54, 1.807) is 14.0 Å². The number of hydrogen-bond acceptors (Lipinski definition) is 3. The number of aliphatic hydroxyl groups excluding tert-OH is 1. The number of rotatable bonds is 5. The van der Waals surface area contributed by atoms with Gasteiger partial charge in [-0.25, -0.2) is 0 Å². The number of benzene rings is 1. The Hall–Kier alpha value is -1.06. The van der Waals surface area contributed by atoms with Gasteiger partial charge < -0.3 is 14.6 Å². The molecule has 0 aliphatic carbocycles. The first-order valence-electron chi connectivity index (χ1n) is 5.48. The highest BCUT2D eigenvalue weighted by Gasteiger charge is 2.10. The van der Waals surface area contributed by atoms with Gasteiger partial charge in [-0.05, 0) is 32.9 Å². The summed E-state index contributed by atoms with van der Waals surface area (Å²) >= 11 is 0. The third-order valence-electron chi connectivity index (χ3n) is 2.49. The normalized spacial score (nSPS) is 14.6. The van der Waals surface area contributed by atoms with Crippen molar-refractivity contribution in [2.45, 2.75) is 33.0 Å². The molecule has 0 aliphatic heterocycles. The molecule has 2 unspecified atom stereocenters. The second kappa shape index (κ2) is 5.87. The van der Waals surface area contributed by atoms with E-state index >= 15 is 0 Å². The molecule has 3 nitrogen and oxygen atoms in total. The van der Waals surface area contributed by atoms with Gasteiger partial charge in [-0.3, -0.25) is 0 Å². The largest absolute Gasteiger partial charge is 0.491 e. The van der Waals surface area contributed by atoms with Crippen LogP contribution in [0.3, 0.4) is 0 Å². The maximum atomic E-state index is 9.64. The molecule has 0 spiro atoms. The van der Waals surface area contributed by atoms with Crippen LogP contribution in [0.15, 0.2) is 18.2 Å². The van der Waals surface area contributed by atoms with E-state index in [2.05, 4.69) is 0 Å². The van der Waals surface area contributed by atoms with Crippen molar-refractivity contribution in [1.29, 1.82) is 0 Å². The fourth-order valence-electron chi connectivity index (χ4n) is 1.40. The van der Waals surface area contributed by atoms with Crippen molar-refractivity contribution in [3.8, 4) is 5.75 Å². The zero-order valence-corrected chi connectivity index (χ0v) is 10.4. The molecule has 1 aromatic carbocycles. The Morgan fingerprint density at radius 3 is 2.56 bits per heavy atom. The lowest BCUT2D eigenvalue weighted by atomic mass is 10.1. The van der Waals surface area contributed by atoms with Crippen LogP contribution in [-0.4, -0.2) is 24.9 Å². The van der Waals surface area contributed by atoms with Crippen LogP contribution < -0.4 is 4.74 Å². The molecule has 0 aliphatic rings. The van der Waals surface area contributed by atoms with Gasteiger partial charge >= 0.3 is 0 Å². The van der Waals surface area contributed by atoms with Crippen LogP contribution in [0.4, 0.5) is 0 Å². The number of aryl methyl sites for hydroxylation is 1. The number of aliphatic hydroxyl groups is 1. The number of hydrogen-bond donors (Lipinski definition) is 1. The monoisotopic (exact) mass is 224 g/mol. The molecule has 90 valence electrons. The molecule has 2 atom stereocenters. The van der Waals surface area contributed by atoms with E-state index in [0.29, 0.717) is 6.61 Å². The van der Waals surface area contributed by atoms with Gasteiger partial charge in [-0.2, -0.15) is 0 Å². The summed E-state index contributed by atoms with van der Waals surface area (Å²) in [6, 6.07) is 5.80. The summed E-state index contributed by atoms with van der Waals surface area (Å²) in [6.07, 6.45) is -0.476. The Balaban J connectivity index is 2.78. The first kappa shape index (κ1) is 13.0. The van der Waals surface area contributed by atoms with Gasteiger partial charge in [0, 0.05) is 12.7 Å². The van der Waals surface area contributed by atoms with Gasteiger partial charge in [-0.1, -0.05) is 11.6 Å². The maximum Gasteiger partial charge on any atom is 0.125 e. The fraction of sp³-hybridized carbons (Fsp3) is 0.538. The minimum Gasteiger partial charge on any atom is -0.491 e. The van der Waals surface area contributed by atoms with Crippen molar-refractivity contribution in [1.82, 2.24) is 0 Å². The summed E-state index contributed by atoms with van der Waals surface area (Å²) in [6.45, 7) is 6.16. The molecule has 0 radical (unpaired) electrons. The summed E-state index contributed by atoms with van der Waals surface area (Å²) in [5.74, 6) is 0.726. The summed E-state index contributed by atoms with van der Waals surface area (Å²) in [7, 11) is 1.65. The molecule has 3 heteroatoms. The first-order valence-corrected chi connectivity index (χ1v) is 5.48. The predicted octanol–water partition coefficient (Wildman–Crippen LogP) is 2.46. The smallest absolute Gasteiger partial charge is 0.125 e. The standard InChI is InChI=1S/C13H20O3/c1-9-5-6-13(12(7-9)11(3)14)16-8-10(2)15-4/h5-7,10-11,14H,8H2,1-4H3. The Bertz CT molecular complexity index is 334. The topological polar surface area (TPSA) is 38.7 Å². The summed E-state index contributed by atoms with van der Waals surface area (Å²) in [4.78, 5) is 0. The van der Waals surface area contributed by atoms with Crippen molar-refractivity contribution in [2.75, 3.05) is 13.7 Å². The van der Waals surface area contributed by atoms with Crippen molar-refractivity contribution >= 4 is 0 Å². The highest BCUT2D eigenvalue weighted by atomic mass is 16.5. The SMILES string of the molecule is COC(C)COc1ccc(C)cc1C(C)O. The van der Waals surface area contributed by atoms with Crippen LogP contribution >= 0.6 is 0 Å². The van der Waals surface area contributed by atoms with Crippen molar-refractivity contribution in [3.05, 3.63) is 29.3 Å². The predicted molar refractivity (Wildman–Crippen MR) is 63.8 cm³/mol. The van der Waals surface area contributed by atoms with Gasteiger partial charge in [0.1, 0.15) is 12.4 Å². The van der Waals surface area contributed by atoms with Crippen LogP contribution in [0.5, 0.6) is 5.75 Å². The highest BCUT2D eigenvalue weighted by molar-refractivity contribution is 5.38. The zero-order valence-electron chi connectivity index (χ0n) is 10.4. The van der Waals surface area contributed by atoms with E-state index in [1.807, 2.05) is 32.0 Å². The molecule has 0 fully saturated rings. The zero-order chi connectivity index (χ0) is 12.1. The van der Waals surface area contributed by atoms with Gasteiger partial charge in [0.25, 0.3) is 0 Å². The van der Waals surface area contributed by atoms with E-state index in [-0.39, 0.29) is 6.10 Å². The lowest BCUT2D eigenvalue weighted by Crippen LogP contribution is -2.16. The molecule has 1 N–H and O–H groups in total. The molecular formula is C13H20O3. The molecule has 1 aromatic rings. The average molecular weight is 224 g/mol. The molecule has 0 saturated heterocycles. The van der Waals surface area contributed by atoms with Crippen LogP contribution in [0.1, 0.15) is 31.1 Å². The van der Waals surface area contributed by atoms with E-state index in [0.717, 1.165) is 16.9 Å². The second-order valence-corrected chi connectivity index (χ2v) is 4.07. The average Bonchev–Trinajstić information content (AvgIpc) is 2.26. The summed E-state index contributed by atoms with van der Waals surface area (Å²) < 4.78 is 10.7. The fourth-order valence-corrected chi connectivity index (χ4v) is 1.40. The Kier molecular flexibility index (Phi) is 4.77. The lowest BCUT2D eigenvalue weighted by Gasteiger charge is -2.16. The molecule has 0 bridgehead atoms. The third kappa shape index (κ3) is 3.51. The molecule has 1 rings (SSSR count).